The number of hydrogen-bond acceptors (Lipinski definition) is 3. The van der Waals surface area contributed by atoms with E-state index in [1.165, 1.54) is 4.31 Å². The van der Waals surface area contributed by atoms with Crippen LogP contribution < -0.4 is 0 Å². The molecule has 0 atom stereocenters. The molecule has 0 aliphatic heterocycles. The minimum atomic E-state index is -3.43. The predicted octanol–water partition coefficient (Wildman–Crippen LogP) is 2.86. The zero-order valence-electron chi connectivity index (χ0n) is 13.7. The van der Waals surface area contributed by atoms with Gasteiger partial charge in [-0.25, -0.2) is 8.42 Å². The molecule has 0 saturated heterocycles. The first-order valence-electron chi connectivity index (χ1n) is 7.67. The average Bonchev–Trinajstić information content (AvgIpc) is 2.35. The van der Waals surface area contributed by atoms with Gasteiger partial charge in [-0.05, 0) is 24.7 Å². The highest BCUT2D eigenvalue weighted by atomic mass is 32.2. The fourth-order valence-electron chi connectivity index (χ4n) is 2.96. The summed E-state index contributed by atoms with van der Waals surface area (Å²) < 4.78 is 26.6. The van der Waals surface area contributed by atoms with E-state index in [9.17, 15) is 18.3 Å². The predicted molar refractivity (Wildman–Crippen MR) is 83.7 cm³/mol. The second-order valence-corrected chi connectivity index (χ2v) is 9.57. The first kappa shape index (κ1) is 18.4. The molecule has 1 saturated carbocycles. The SMILES string of the molecule is CN(C1(CC(=O)O)CCCCC1)S(=O)(=O)CCC(C)(C)C. The number of sulfonamides is 1. The fraction of sp³-hybridized carbons (Fsp3) is 0.933. The summed E-state index contributed by atoms with van der Waals surface area (Å²) >= 11 is 0. The lowest BCUT2D eigenvalue weighted by molar-refractivity contribution is -0.140. The van der Waals surface area contributed by atoms with Gasteiger partial charge in [0.05, 0.1) is 12.2 Å². The molecule has 0 bridgehead atoms. The number of carbonyl (C=O) groups is 1. The molecule has 21 heavy (non-hydrogen) atoms. The number of aliphatic carboxylic acids is 1. The summed E-state index contributed by atoms with van der Waals surface area (Å²) in [6.45, 7) is 6.03. The second-order valence-electron chi connectivity index (χ2n) is 7.45. The van der Waals surface area contributed by atoms with Gasteiger partial charge in [-0.15, -0.1) is 0 Å². The standard InChI is InChI=1S/C15H29NO4S/c1-14(2,3)10-11-21(19,20)16(4)15(12-13(17)18)8-6-5-7-9-15/h5-12H2,1-4H3,(H,17,18). The Morgan fingerprint density at radius 2 is 1.71 bits per heavy atom. The molecule has 0 unspecified atom stereocenters. The van der Waals surface area contributed by atoms with Gasteiger partial charge in [0.25, 0.3) is 0 Å². The maximum absolute atomic E-state index is 12.6. The Balaban J connectivity index is 2.93. The monoisotopic (exact) mass is 319 g/mol. The molecule has 0 aromatic rings. The molecule has 5 nitrogen and oxygen atoms in total. The molecular formula is C15H29NO4S. The third-order valence-electron chi connectivity index (χ3n) is 4.46. The number of hydrogen-bond donors (Lipinski definition) is 1. The summed E-state index contributed by atoms with van der Waals surface area (Å²) in [5.41, 5.74) is -0.790. The number of carboxylic acids is 1. The van der Waals surface area contributed by atoms with Crippen LogP contribution in [0.2, 0.25) is 0 Å². The van der Waals surface area contributed by atoms with E-state index in [0.717, 1.165) is 19.3 Å². The van der Waals surface area contributed by atoms with E-state index in [1.807, 2.05) is 20.8 Å². The lowest BCUT2D eigenvalue weighted by atomic mass is 9.79. The van der Waals surface area contributed by atoms with E-state index in [-0.39, 0.29) is 17.6 Å². The Labute approximate surface area is 128 Å². The van der Waals surface area contributed by atoms with Crippen molar-refractivity contribution in [2.45, 2.75) is 71.3 Å². The van der Waals surface area contributed by atoms with Gasteiger partial charge in [0.1, 0.15) is 0 Å². The molecule has 0 radical (unpaired) electrons. The largest absolute Gasteiger partial charge is 0.481 e. The van der Waals surface area contributed by atoms with Gasteiger partial charge in [0.15, 0.2) is 0 Å². The third-order valence-corrected chi connectivity index (χ3v) is 6.40. The van der Waals surface area contributed by atoms with Crippen LogP contribution in [0.15, 0.2) is 0 Å². The van der Waals surface area contributed by atoms with E-state index in [1.54, 1.807) is 7.05 Å². The van der Waals surface area contributed by atoms with Gasteiger partial charge >= 0.3 is 5.97 Å². The van der Waals surface area contributed by atoms with Gasteiger partial charge in [0.2, 0.25) is 10.0 Å². The lowest BCUT2D eigenvalue weighted by Crippen LogP contribution is -2.52. The Morgan fingerprint density at radius 1 is 1.19 bits per heavy atom. The molecule has 0 amide bonds. The molecule has 1 fully saturated rings. The molecule has 124 valence electrons. The first-order chi connectivity index (χ1) is 9.49. The van der Waals surface area contributed by atoms with Crippen LogP contribution in [0, 0.1) is 5.41 Å². The Bertz CT molecular complexity index is 459. The minimum Gasteiger partial charge on any atom is -0.481 e. The summed E-state index contributed by atoms with van der Waals surface area (Å²) in [6, 6.07) is 0. The van der Waals surface area contributed by atoms with Crippen molar-refractivity contribution in [3.05, 3.63) is 0 Å². The van der Waals surface area contributed by atoms with Gasteiger partial charge in [0, 0.05) is 12.6 Å². The highest BCUT2D eigenvalue weighted by Gasteiger charge is 2.43. The molecule has 0 aromatic heterocycles. The van der Waals surface area contributed by atoms with Crippen LogP contribution in [0.5, 0.6) is 0 Å². The van der Waals surface area contributed by atoms with Crippen LogP contribution in [0.3, 0.4) is 0 Å². The maximum Gasteiger partial charge on any atom is 0.305 e. The van der Waals surface area contributed by atoms with Crippen molar-refractivity contribution < 1.29 is 18.3 Å². The van der Waals surface area contributed by atoms with Gasteiger partial charge in [-0.1, -0.05) is 40.0 Å². The molecule has 1 aliphatic carbocycles. The Morgan fingerprint density at radius 3 is 2.14 bits per heavy atom. The van der Waals surface area contributed by atoms with Crippen molar-refractivity contribution in [3.8, 4) is 0 Å². The fourth-order valence-corrected chi connectivity index (χ4v) is 4.94. The van der Waals surface area contributed by atoms with Crippen LogP contribution in [0.25, 0.3) is 0 Å². The average molecular weight is 319 g/mol. The van der Waals surface area contributed by atoms with Gasteiger partial charge in [-0.3, -0.25) is 4.79 Å². The topological polar surface area (TPSA) is 74.7 Å². The first-order valence-corrected chi connectivity index (χ1v) is 9.28. The van der Waals surface area contributed by atoms with Crippen LogP contribution >= 0.6 is 0 Å². The molecule has 0 heterocycles. The summed E-state index contributed by atoms with van der Waals surface area (Å²) in [5, 5.41) is 9.18. The van der Waals surface area contributed by atoms with Crippen LogP contribution in [0.4, 0.5) is 0 Å². The van der Waals surface area contributed by atoms with E-state index in [0.29, 0.717) is 19.3 Å². The molecule has 1 N–H and O–H groups in total. The highest BCUT2D eigenvalue weighted by Crippen LogP contribution is 2.38. The molecule has 0 spiro atoms. The van der Waals surface area contributed by atoms with E-state index < -0.39 is 21.5 Å². The molecule has 0 aromatic carbocycles. The molecular weight excluding hydrogens is 290 g/mol. The number of carboxylic acid groups (broad SMARTS) is 1. The summed E-state index contributed by atoms with van der Waals surface area (Å²) in [6.07, 6.45) is 4.60. The third kappa shape index (κ3) is 5.25. The zero-order valence-corrected chi connectivity index (χ0v) is 14.5. The van der Waals surface area contributed by atoms with Crippen molar-refractivity contribution in [1.29, 1.82) is 0 Å². The zero-order chi connectivity index (χ0) is 16.3. The maximum atomic E-state index is 12.6. The van der Waals surface area contributed by atoms with E-state index >= 15 is 0 Å². The molecule has 6 heteroatoms. The van der Waals surface area contributed by atoms with Crippen molar-refractivity contribution in [1.82, 2.24) is 4.31 Å². The van der Waals surface area contributed by atoms with Crippen LogP contribution in [0.1, 0.15) is 65.7 Å². The second kappa shape index (κ2) is 6.65. The summed E-state index contributed by atoms with van der Waals surface area (Å²) in [7, 11) is -1.87. The van der Waals surface area contributed by atoms with E-state index in [4.69, 9.17) is 0 Å². The van der Waals surface area contributed by atoms with Gasteiger partial charge in [-0.2, -0.15) is 4.31 Å². The number of nitrogens with zero attached hydrogens (tertiary/aromatic N) is 1. The smallest absolute Gasteiger partial charge is 0.305 e. The summed E-state index contributed by atoms with van der Waals surface area (Å²) in [5.74, 6) is -0.844. The van der Waals surface area contributed by atoms with Crippen molar-refractivity contribution >= 4 is 16.0 Å². The molecule has 1 rings (SSSR count). The van der Waals surface area contributed by atoms with Gasteiger partial charge < -0.3 is 5.11 Å². The van der Waals surface area contributed by atoms with E-state index in [2.05, 4.69) is 0 Å². The Hall–Kier alpha value is -0.620. The lowest BCUT2D eigenvalue weighted by Gasteiger charge is -2.43. The van der Waals surface area contributed by atoms with Crippen molar-refractivity contribution in [2.75, 3.05) is 12.8 Å². The quantitative estimate of drug-likeness (QED) is 0.817. The van der Waals surface area contributed by atoms with Crippen molar-refractivity contribution in [2.24, 2.45) is 5.41 Å². The summed E-state index contributed by atoms with van der Waals surface area (Å²) in [4.78, 5) is 11.2. The molecule has 1 aliphatic rings. The minimum absolute atomic E-state index is 0.0551. The Kier molecular flexibility index (Phi) is 5.83. The highest BCUT2D eigenvalue weighted by molar-refractivity contribution is 7.89. The van der Waals surface area contributed by atoms with Crippen molar-refractivity contribution in [3.63, 3.8) is 0 Å². The normalized spacial score (nSPS) is 19.7. The van der Waals surface area contributed by atoms with Crippen LogP contribution in [-0.4, -0.2) is 42.1 Å². The van der Waals surface area contributed by atoms with Crippen LogP contribution in [-0.2, 0) is 14.8 Å². The number of rotatable bonds is 6.